The summed E-state index contributed by atoms with van der Waals surface area (Å²) in [5.74, 6) is 2.51. The predicted octanol–water partition coefficient (Wildman–Crippen LogP) is 4.59. The van der Waals surface area contributed by atoms with E-state index < -0.39 is 0 Å². The molecule has 0 saturated heterocycles. The van der Waals surface area contributed by atoms with E-state index in [0.29, 0.717) is 22.5 Å². The van der Waals surface area contributed by atoms with Crippen LogP contribution in [-0.4, -0.2) is 50.5 Å². The molecule has 1 aromatic heterocycles. The Morgan fingerprint density at radius 2 is 1.59 bits per heavy atom. The van der Waals surface area contributed by atoms with E-state index in [1.165, 1.54) is 11.8 Å². The van der Waals surface area contributed by atoms with Crippen LogP contribution in [-0.2, 0) is 11.4 Å². The molecule has 0 bridgehead atoms. The van der Waals surface area contributed by atoms with Gasteiger partial charge in [0.2, 0.25) is 5.91 Å². The Morgan fingerprint density at radius 3 is 2.19 bits per heavy atom. The van der Waals surface area contributed by atoms with Crippen molar-refractivity contribution in [1.29, 1.82) is 0 Å². The smallest absolute Gasteiger partial charge is 0.233 e. The lowest BCUT2D eigenvalue weighted by molar-refractivity contribution is -0.131. The van der Waals surface area contributed by atoms with Crippen LogP contribution in [0.1, 0.15) is 33.5 Å². The van der Waals surface area contributed by atoms with Crippen molar-refractivity contribution in [3.8, 4) is 17.2 Å². The minimum Gasteiger partial charge on any atom is -0.497 e. The third kappa shape index (κ3) is 5.82. The number of aromatic nitrogens is 3. The first-order chi connectivity index (χ1) is 15.4. The number of hydrogen-bond donors (Lipinski definition) is 0. The topological polar surface area (TPSA) is 69.5 Å². The van der Waals surface area contributed by atoms with Gasteiger partial charge >= 0.3 is 0 Å². The minimum atomic E-state index is 0.0821. The van der Waals surface area contributed by atoms with Crippen LogP contribution >= 0.6 is 11.8 Å². The second-order valence-electron chi connectivity index (χ2n) is 7.81. The van der Waals surface area contributed by atoms with E-state index in [2.05, 4.69) is 10.2 Å². The highest BCUT2D eigenvalue weighted by Crippen LogP contribution is 2.24. The fourth-order valence-electron chi connectivity index (χ4n) is 3.52. The maximum absolute atomic E-state index is 12.8. The number of carbonyl (C=O) groups excluding carboxylic acids is 1. The highest BCUT2D eigenvalue weighted by atomic mass is 32.2. The first-order valence-corrected chi connectivity index (χ1v) is 11.6. The molecule has 0 aliphatic heterocycles. The van der Waals surface area contributed by atoms with Crippen LogP contribution in [0.15, 0.2) is 59.8 Å². The molecule has 0 saturated carbocycles. The fraction of sp³-hybridized carbons (Fsp3) is 0.375. The molecule has 3 rings (SSSR count). The number of methoxy groups -OCH3 is 1. The van der Waals surface area contributed by atoms with E-state index in [1.54, 1.807) is 7.11 Å². The molecular weight excluding hydrogens is 424 g/mol. The molecule has 170 valence electrons. The highest BCUT2D eigenvalue weighted by molar-refractivity contribution is 7.99. The Balaban J connectivity index is 1.79. The molecule has 32 heavy (non-hydrogen) atoms. The summed E-state index contributed by atoms with van der Waals surface area (Å²) in [5, 5.41) is 9.37. The third-order valence-electron chi connectivity index (χ3n) is 4.87. The normalized spacial score (nSPS) is 11.1. The van der Waals surface area contributed by atoms with Crippen molar-refractivity contribution in [2.24, 2.45) is 0 Å². The zero-order chi connectivity index (χ0) is 23.1. The predicted molar refractivity (Wildman–Crippen MR) is 127 cm³/mol. The molecule has 2 aromatic carbocycles. The molecule has 0 radical (unpaired) electrons. The minimum absolute atomic E-state index is 0.0821. The fourth-order valence-corrected chi connectivity index (χ4v) is 4.36. The molecule has 0 aliphatic carbocycles. The van der Waals surface area contributed by atoms with Crippen molar-refractivity contribution >= 4 is 17.7 Å². The van der Waals surface area contributed by atoms with Gasteiger partial charge < -0.3 is 14.4 Å². The lowest BCUT2D eigenvalue weighted by Gasteiger charge is -2.30. The lowest BCUT2D eigenvalue weighted by Crippen LogP contribution is -2.43. The van der Waals surface area contributed by atoms with Crippen LogP contribution < -0.4 is 9.47 Å². The summed E-state index contributed by atoms with van der Waals surface area (Å²) in [6.07, 6.45) is 0. The maximum atomic E-state index is 12.8. The van der Waals surface area contributed by atoms with Crippen LogP contribution in [0, 0.1) is 0 Å². The number of para-hydroxylation sites is 1. The van der Waals surface area contributed by atoms with Gasteiger partial charge in [0.05, 0.1) is 12.9 Å². The number of ether oxygens (including phenoxy) is 2. The number of nitrogens with zero attached hydrogens (tertiary/aromatic N) is 4. The Morgan fingerprint density at radius 1 is 0.969 bits per heavy atom. The average Bonchev–Trinajstić information content (AvgIpc) is 3.19. The number of amides is 1. The second kappa shape index (κ2) is 11.0. The van der Waals surface area contributed by atoms with Crippen molar-refractivity contribution in [3.63, 3.8) is 0 Å². The number of carbonyl (C=O) groups is 1. The van der Waals surface area contributed by atoms with Crippen molar-refractivity contribution in [3.05, 3.63) is 60.4 Å². The van der Waals surface area contributed by atoms with Gasteiger partial charge in [0.15, 0.2) is 11.0 Å². The van der Waals surface area contributed by atoms with Gasteiger partial charge in [0, 0.05) is 17.8 Å². The summed E-state index contributed by atoms with van der Waals surface area (Å²) >= 11 is 1.39. The van der Waals surface area contributed by atoms with Crippen molar-refractivity contribution < 1.29 is 14.3 Å². The standard InChI is InChI=1S/C24H30N4O3S/c1-17(2)27(18(3)4)23(29)16-32-24-26-25-22(28(24)19-9-7-6-8-10-19)15-31-21-13-11-20(30-5)12-14-21/h6-14,17-18H,15-16H2,1-5H3. The van der Waals surface area contributed by atoms with Crippen molar-refractivity contribution in [2.75, 3.05) is 12.9 Å². The number of benzene rings is 2. The number of thioether (sulfide) groups is 1. The Kier molecular flexibility index (Phi) is 8.16. The van der Waals surface area contributed by atoms with Gasteiger partial charge in [-0.25, -0.2) is 0 Å². The van der Waals surface area contributed by atoms with Crippen LogP contribution in [0.5, 0.6) is 11.5 Å². The molecule has 1 heterocycles. The first-order valence-electron chi connectivity index (χ1n) is 10.6. The maximum Gasteiger partial charge on any atom is 0.233 e. The summed E-state index contributed by atoms with van der Waals surface area (Å²) in [6, 6.07) is 17.5. The molecule has 8 heteroatoms. The zero-order valence-corrected chi connectivity index (χ0v) is 20.0. The number of hydrogen-bond acceptors (Lipinski definition) is 6. The van der Waals surface area contributed by atoms with Crippen LogP contribution in [0.3, 0.4) is 0 Å². The van der Waals surface area contributed by atoms with Crippen molar-refractivity contribution in [1.82, 2.24) is 19.7 Å². The number of rotatable bonds is 10. The van der Waals surface area contributed by atoms with Gasteiger partial charge in [-0.3, -0.25) is 9.36 Å². The molecule has 0 N–H and O–H groups in total. The van der Waals surface area contributed by atoms with Gasteiger partial charge in [0.25, 0.3) is 0 Å². The molecule has 0 spiro atoms. The van der Waals surface area contributed by atoms with Gasteiger partial charge in [0.1, 0.15) is 18.1 Å². The van der Waals surface area contributed by atoms with Crippen LogP contribution in [0.2, 0.25) is 0 Å². The molecular formula is C24H30N4O3S. The lowest BCUT2D eigenvalue weighted by atomic mass is 10.2. The van der Waals surface area contributed by atoms with Gasteiger partial charge in [-0.2, -0.15) is 0 Å². The van der Waals surface area contributed by atoms with Crippen LogP contribution in [0.25, 0.3) is 5.69 Å². The van der Waals surface area contributed by atoms with E-state index in [4.69, 9.17) is 9.47 Å². The summed E-state index contributed by atoms with van der Waals surface area (Å²) in [6.45, 7) is 8.37. The average molecular weight is 455 g/mol. The Bertz CT molecular complexity index is 996. The molecule has 1 amide bonds. The molecule has 3 aromatic rings. The molecule has 0 aliphatic rings. The third-order valence-corrected chi connectivity index (χ3v) is 5.78. The molecule has 0 fully saturated rings. The van der Waals surface area contributed by atoms with E-state index in [-0.39, 0.29) is 24.6 Å². The van der Waals surface area contributed by atoms with E-state index in [0.717, 1.165) is 11.4 Å². The van der Waals surface area contributed by atoms with Gasteiger partial charge in [-0.05, 0) is 64.1 Å². The van der Waals surface area contributed by atoms with E-state index >= 15 is 0 Å². The first kappa shape index (κ1) is 23.7. The Hall–Kier alpha value is -3.00. The summed E-state index contributed by atoms with van der Waals surface area (Å²) in [4.78, 5) is 14.7. The van der Waals surface area contributed by atoms with Crippen molar-refractivity contribution in [2.45, 2.75) is 51.5 Å². The monoisotopic (exact) mass is 454 g/mol. The SMILES string of the molecule is COc1ccc(OCc2nnc(SCC(=O)N(C(C)C)C(C)C)n2-c2ccccc2)cc1. The molecule has 0 unspecified atom stereocenters. The zero-order valence-electron chi connectivity index (χ0n) is 19.2. The summed E-state index contributed by atoms with van der Waals surface area (Å²) in [5.41, 5.74) is 0.922. The van der Waals surface area contributed by atoms with Crippen LogP contribution in [0.4, 0.5) is 0 Å². The van der Waals surface area contributed by atoms with Gasteiger partial charge in [-0.1, -0.05) is 30.0 Å². The largest absolute Gasteiger partial charge is 0.497 e. The second-order valence-corrected chi connectivity index (χ2v) is 8.75. The van der Waals surface area contributed by atoms with E-state index in [1.807, 2.05) is 91.8 Å². The van der Waals surface area contributed by atoms with E-state index in [9.17, 15) is 4.79 Å². The molecule has 0 atom stereocenters. The summed E-state index contributed by atoms with van der Waals surface area (Å²) in [7, 11) is 1.63. The Labute approximate surface area is 193 Å². The molecule has 7 nitrogen and oxygen atoms in total. The quantitative estimate of drug-likeness (QED) is 0.417. The highest BCUT2D eigenvalue weighted by Gasteiger charge is 2.22. The van der Waals surface area contributed by atoms with Gasteiger partial charge in [-0.15, -0.1) is 10.2 Å². The summed E-state index contributed by atoms with van der Waals surface area (Å²) < 4.78 is 13.1.